The zero-order valence-corrected chi connectivity index (χ0v) is 10.2. The van der Waals surface area contributed by atoms with E-state index < -0.39 is 17.6 Å². The fourth-order valence-electron chi connectivity index (χ4n) is 0.862. The summed E-state index contributed by atoms with van der Waals surface area (Å²) in [5, 5.41) is 20.7. The van der Waals surface area contributed by atoms with Gasteiger partial charge >= 0.3 is 5.97 Å². The van der Waals surface area contributed by atoms with Crippen molar-refractivity contribution in [1.29, 1.82) is 0 Å². The second kappa shape index (κ2) is 6.55. The van der Waals surface area contributed by atoms with Gasteiger partial charge < -0.3 is 15.5 Å². The molecule has 16 heavy (non-hydrogen) atoms. The second-order valence-electron chi connectivity index (χ2n) is 3.67. The molecule has 0 rings (SSSR count). The van der Waals surface area contributed by atoms with E-state index in [0.717, 1.165) is 0 Å². The molecule has 5 nitrogen and oxygen atoms in total. The highest BCUT2D eigenvalue weighted by Crippen LogP contribution is 2.14. The molecule has 1 amide bonds. The molecule has 0 bridgehead atoms. The summed E-state index contributed by atoms with van der Waals surface area (Å²) in [6.45, 7) is 6.31. The van der Waals surface area contributed by atoms with Crippen LogP contribution in [0.1, 0.15) is 13.8 Å². The minimum atomic E-state index is -1.08. The van der Waals surface area contributed by atoms with E-state index in [4.69, 9.17) is 5.11 Å². The normalized spacial score (nSPS) is 15.9. The molecule has 0 fully saturated rings. The first-order chi connectivity index (χ1) is 7.28. The maximum absolute atomic E-state index is 10.7. The monoisotopic (exact) mass is 247 g/mol. The fourth-order valence-corrected chi connectivity index (χ4v) is 1.97. The molecule has 0 aliphatic carbocycles. The van der Waals surface area contributed by atoms with Crippen molar-refractivity contribution < 1.29 is 19.8 Å². The van der Waals surface area contributed by atoms with Crippen molar-refractivity contribution >= 4 is 23.6 Å². The lowest BCUT2D eigenvalue weighted by atomic mass is 10.1. The van der Waals surface area contributed by atoms with Crippen molar-refractivity contribution in [1.82, 2.24) is 5.32 Å². The van der Waals surface area contributed by atoms with E-state index in [1.165, 1.54) is 24.8 Å². The lowest BCUT2D eigenvalue weighted by molar-refractivity contribution is -0.140. The standard InChI is InChI=1S/C10H17NO4S/c1-4-10(3,15)6-16-5-8(9(13)14)11-7(2)12/h4,8,15H,1,5-6H2,2-3H3,(H,11,12)(H,13,14)/t8-,10+/m1/s1. The molecule has 0 aromatic heterocycles. The summed E-state index contributed by atoms with van der Waals surface area (Å²) in [6, 6.07) is -0.928. The lowest BCUT2D eigenvalue weighted by Crippen LogP contribution is -2.42. The third kappa shape index (κ3) is 6.47. The van der Waals surface area contributed by atoms with Crippen molar-refractivity contribution in [3.05, 3.63) is 12.7 Å². The Kier molecular flexibility index (Phi) is 6.13. The molecule has 92 valence electrons. The molecule has 0 aromatic carbocycles. The number of amides is 1. The minimum Gasteiger partial charge on any atom is -0.480 e. The van der Waals surface area contributed by atoms with E-state index in [1.807, 2.05) is 0 Å². The molecule has 0 aliphatic heterocycles. The third-order valence-corrected chi connectivity index (χ3v) is 3.15. The van der Waals surface area contributed by atoms with Crippen LogP contribution in [0.3, 0.4) is 0 Å². The van der Waals surface area contributed by atoms with Crippen LogP contribution in [0.15, 0.2) is 12.7 Å². The molecule has 0 radical (unpaired) electrons. The van der Waals surface area contributed by atoms with Crippen LogP contribution >= 0.6 is 11.8 Å². The van der Waals surface area contributed by atoms with Gasteiger partial charge in [0.25, 0.3) is 0 Å². The highest BCUT2D eigenvalue weighted by atomic mass is 32.2. The summed E-state index contributed by atoms with van der Waals surface area (Å²) in [5.74, 6) is -0.928. The summed E-state index contributed by atoms with van der Waals surface area (Å²) < 4.78 is 0. The number of carboxylic acid groups (broad SMARTS) is 1. The predicted molar refractivity (Wildman–Crippen MR) is 63.4 cm³/mol. The maximum atomic E-state index is 10.7. The highest BCUT2D eigenvalue weighted by molar-refractivity contribution is 7.99. The average molecular weight is 247 g/mol. The number of carbonyl (C=O) groups is 2. The first kappa shape index (κ1) is 15.0. The van der Waals surface area contributed by atoms with Crippen molar-refractivity contribution in [2.45, 2.75) is 25.5 Å². The third-order valence-electron chi connectivity index (χ3n) is 1.79. The fraction of sp³-hybridized carbons (Fsp3) is 0.600. The van der Waals surface area contributed by atoms with Crippen LogP contribution in [0, 0.1) is 0 Å². The Labute approximate surface area is 98.9 Å². The molecule has 0 saturated heterocycles. The van der Waals surface area contributed by atoms with Crippen LogP contribution in [-0.2, 0) is 9.59 Å². The SMILES string of the molecule is C=C[C@](C)(O)CSC[C@@H](NC(C)=O)C(=O)O. The molecule has 0 aliphatic rings. The number of aliphatic carboxylic acids is 1. The van der Waals surface area contributed by atoms with E-state index in [-0.39, 0.29) is 11.7 Å². The molecule has 0 heterocycles. The van der Waals surface area contributed by atoms with Crippen LogP contribution in [0.5, 0.6) is 0 Å². The van der Waals surface area contributed by atoms with Crippen LogP contribution < -0.4 is 5.32 Å². The second-order valence-corrected chi connectivity index (χ2v) is 4.70. The molecule has 0 aromatic rings. The smallest absolute Gasteiger partial charge is 0.327 e. The Bertz CT molecular complexity index is 278. The van der Waals surface area contributed by atoms with E-state index >= 15 is 0 Å². The first-order valence-electron chi connectivity index (χ1n) is 4.72. The van der Waals surface area contributed by atoms with E-state index in [9.17, 15) is 14.7 Å². The van der Waals surface area contributed by atoms with Crippen molar-refractivity contribution in [3.63, 3.8) is 0 Å². The number of rotatable bonds is 7. The molecule has 3 N–H and O–H groups in total. The van der Waals surface area contributed by atoms with Gasteiger partial charge in [-0.2, -0.15) is 11.8 Å². The van der Waals surface area contributed by atoms with Gasteiger partial charge in [0.15, 0.2) is 0 Å². The Balaban J connectivity index is 4.08. The molecule has 6 heteroatoms. The highest BCUT2D eigenvalue weighted by Gasteiger charge is 2.21. The average Bonchev–Trinajstić information content (AvgIpc) is 2.15. The van der Waals surface area contributed by atoms with Gasteiger partial charge in [0.2, 0.25) is 5.91 Å². The number of thioether (sulfide) groups is 1. The van der Waals surface area contributed by atoms with Gasteiger partial charge in [-0.05, 0) is 6.92 Å². The van der Waals surface area contributed by atoms with E-state index in [1.54, 1.807) is 6.92 Å². The largest absolute Gasteiger partial charge is 0.480 e. The Hall–Kier alpha value is -1.01. The van der Waals surface area contributed by atoms with Gasteiger partial charge in [0, 0.05) is 18.4 Å². The number of hydrogen-bond donors (Lipinski definition) is 3. The van der Waals surface area contributed by atoms with E-state index in [0.29, 0.717) is 5.75 Å². The van der Waals surface area contributed by atoms with Gasteiger partial charge in [-0.1, -0.05) is 6.08 Å². The Morgan fingerprint density at radius 3 is 2.56 bits per heavy atom. The number of hydrogen-bond acceptors (Lipinski definition) is 4. The van der Waals surface area contributed by atoms with Gasteiger partial charge in [-0.15, -0.1) is 6.58 Å². The van der Waals surface area contributed by atoms with Crippen LogP contribution in [0.4, 0.5) is 0 Å². The number of carbonyl (C=O) groups excluding carboxylic acids is 1. The van der Waals surface area contributed by atoms with Crippen LogP contribution in [-0.4, -0.2) is 45.2 Å². The van der Waals surface area contributed by atoms with Crippen molar-refractivity contribution in [2.75, 3.05) is 11.5 Å². The van der Waals surface area contributed by atoms with Gasteiger partial charge in [0.05, 0.1) is 5.60 Å². The topological polar surface area (TPSA) is 86.6 Å². The lowest BCUT2D eigenvalue weighted by Gasteiger charge is -2.19. The van der Waals surface area contributed by atoms with Crippen LogP contribution in [0.2, 0.25) is 0 Å². The van der Waals surface area contributed by atoms with Crippen LogP contribution in [0.25, 0.3) is 0 Å². The maximum Gasteiger partial charge on any atom is 0.327 e. The molecule has 0 saturated carbocycles. The molecular formula is C10H17NO4S. The number of nitrogens with one attached hydrogen (secondary N) is 1. The van der Waals surface area contributed by atoms with E-state index in [2.05, 4.69) is 11.9 Å². The van der Waals surface area contributed by atoms with Gasteiger partial charge in [-0.3, -0.25) is 4.79 Å². The summed E-state index contributed by atoms with van der Waals surface area (Å²) in [7, 11) is 0. The zero-order chi connectivity index (χ0) is 12.8. The summed E-state index contributed by atoms with van der Waals surface area (Å²) in [6.07, 6.45) is 1.40. The minimum absolute atomic E-state index is 0.207. The van der Waals surface area contributed by atoms with Crippen molar-refractivity contribution in [2.24, 2.45) is 0 Å². The molecule has 2 atom stereocenters. The zero-order valence-electron chi connectivity index (χ0n) is 9.40. The summed E-state index contributed by atoms with van der Waals surface area (Å²) in [5.41, 5.74) is -1.02. The predicted octanol–water partition coefficient (Wildman–Crippen LogP) is 0.246. The Morgan fingerprint density at radius 1 is 1.62 bits per heavy atom. The number of carboxylic acids is 1. The number of aliphatic hydroxyl groups is 1. The van der Waals surface area contributed by atoms with Gasteiger partial charge in [-0.25, -0.2) is 4.79 Å². The Morgan fingerprint density at radius 2 is 2.19 bits per heavy atom. The molecule has 0 spiro atoms. The van der Waals surface area contributed by atoms with Gasteiger partial charge in [0.1, 0.15) is 6.04 Å². The van der Waals surface area contributed by atoms with Crippen molar-refractivity contribution in [3.8, 4) is 0 Å². The summed E-state index contributed by atoms with van der Waals surface area (Å²) >= 11 is 1.25. The summed E-state index contributed by atoms with van der Waals surface area (Å²) in [4.78, 5) is 21.5. The first-order valence-corrected chi connectivity index (χ1v) is 5.87. The quantitative estimate of drug-likeness (QED) is 0.561. The molecular weight excluding hydrogens is 230 g/mol. The molecule has 0 unspecified atom stereocenters.